The summed E-state index contributed by atoms with van der Waals surface area (Å²) in [6, 6.07) is 27.4. The van der Waals surface area contributed by atoms with Gasteiger partial charge in [-0.3, -0.25) is 0 Å². The molecule has 4 rings (SSSR count). The van der Waals surface area contributed by atoms with Crippen LogP contribution in [-0.4, -0.2) is 4.98 Å². The summed E-state index contributed by atoms with van der Waals surface area (Å²) in [5.41, 5.74) is 3.33. The molecule has 0 spiro atoms. The Labute approximate surface area is 179 Å². The van der Waals surface area contributed by atoms with Crippen molar-refractivity contribution < 1.29 is 9.15 Å². The molecule has 1 heterocycles. The lowest BCUT2D eigenvalue weighted by Gasteiger charge is -2.06. The van der Waals surface area contributed by atoms with Crippen molar-refractivity contribution in [2.24, 2.45) is 0 Å². The van der Waals surface area contributed by atoms with E-state index in [0.717, 1.165) is 16.7 Å². The van der Waals surface area contributed by atoms with Crippen LogP contribution in [0.1, 0.15) is 17.1 Å². The fourth-order valence-corrected chi connectivity index (χ4v) is 3.16. The third-order valence-electron chi connectivity index (χ3n) is 4.50. The van der Waals surface area contributed by atoms with E-state index in [1.165, 1.54) is 0 Å². The lowest BCUT2D eigenvalue weighted by molar-refractivity contribution is 0.265. The molecule has 0 radical (unpaired) electrons. The van der Waals surface area contributed by atoms with Gasteiger partial charge < -0.3 is 14.5 Å². The molecule has 30 heavy (non-hydrogen) atoms. The smallest absolute Gasteiger partial charge is 0.236 e. The number of aromatic nitrogens is 1. The lowest BCUT2D eigenvalue weighted by Crippen LogP contribution is -2.00. The first kappa shape index (κ1) is 19.6. The van der Waals surface area contributed by atoms with Crippen LogP contribution >= 0.6 is 11.6 Å². The van der Waals surface area contributed by atoms with Crippen LogP contribution < -0.4 is 10.1 Å². The molecule has 148 valence electrons. The molecule has 0 aliphatic heterocycles. The van der Waals surface area contributed by atoms with Gasteiger partial charge in [-0.15, -0.1) is 0 Å². The number of oxazole rings is 1. The van der Waals surface area contributed by atoms with E-state index in [2.05, 4.69) is 22.4 Å². The van der Waals surface area contributed by atoms with E-state index < -0.39 is 0 Å². The van der Waals surface area contributed by atoms with Crippen molar-refractivity contribution in [2.45, 2.75) is 13.2 Å². The molecular weight excluding hydrogens is 398 g/mol. The summed E-state index contributed by atoms with van der Waals surface area (Å²) in [5.74, 6) is 1.31. The number of rotatable bonds is 7. The molecule has 5 nitrogen and oxygen atoms in total. The van der Waals surface area contributed by atoms with Crippen LogP contribution in [0.5, 0.6) is 5.75 Å². The monoisotopic (exact) mass is 415 g/mol. The van der Waals surface area contributed by atoms with Crippen molar-refractivity contribution >= 4 is 17.5 Å². The van der Waals surface area contributed by atoms with Crippen molar-refractivity contribution in [3.8, 4) is 22.9 Å². The van der Waals surface area contributed by atoms with Crippen LogP contribution in [0.3, 0.4) is 0 Å². The summed E-state index contributed by atoms with van der Waals surface area (Å²) >= 11 is 6.17. The molecular formula is C24H18ClN3O2. The second-order valence-corrected chi connectivity index (χ2v) is 6.93. The third kappa shape index (κ3) is 4.62. The maximum Gasteiger partial charge on any atom is 0.236 e. The van der Waals surface area contributed by atoms with Gasteiger partial charge in [-0.05, 0) is 34.9 Å². The Kier molecular flexibility index (Phi) is 5.98. The van der Waals surface area contributed by atoms with Crippen LogP contribution in [0.15, 0.2) is 83.3 Å². The number of anilines is 1. The Hall–Kier alpha value is -3.75. The number of hydrogen-bond donors (Lipinski definition) is 1. The van der Waals surface area contributed by atoms with Crippen molar-refractivity contribution in [2.75, 3.05) is 5.32 Å². The van der Waals surface area contributed by atoms with Crippen molar-refractivity contribution in [1.29, 1.82) is 5.26 Å². The topological polar surface area (TPSA) is 71.1 Å². The van der Waals surface area contributed by atoms with Gasteiger partial charge in [-0.2, -0.15) is 10.2 Å². The third-order valence-corrected chi connectivity index (χ3v) is 4.87. The number of hydrogen-bond acceptors (Lipinski definition) is 5. The number of nitriles is 1. The summed E-state index contributed by atoms with van der Waals surface area (Å²) in [6.45, 7) is 0.540. The summed E-state index contributed by atoms with van der Waals surface area (Å²) in [5, 5.41) is 13.0. The first-order valence-corrected chi connectivity index (χ1v) is 9.76. The highest BCUT2D eigenvalue weighted by Gasteiger charge is 2.14. The second kappa shape index (κ2) is 9.17. The Morgan fingerprint density at radius 3 is 2.37 bits per heavy atom. The summed E-state index contributed by atoms with van der Waals surface area (Å²) < 4.78 is 11.4. The van der Waals surface area contributed by atoms with Crippen LogP contribution in [0, 0.1) is 11.3 Å². The minimum absolute atomic E-state index is 0.118. The molecule has 0 amide bonds. The largest absolute Gasteiger partial charge is 0.484 e. The molecule has 0 fully saturated rings. The average molecular weight is 416 g/mol. The molecule has 1 aromatic heterocycles. The normalized spacial score (nSPS) is 10.4. The average Bonchev–Trinajstić information content (AvgIpc) is 3.20. The fourth-order valence-electron chi connectivity index (χ4n) is 2.96. The highest BCUT2D eigenvalue weighted by molar-refractivity contribution is 6.31. The van der Waals surface area contributed by atoms with Crippen molar-refractivity contribution in [3.63, 3.8) is 0 Å². The Morgan fingerprint density at radius 2 is 1.63 bits per heavy atom. The zero-order chi connectivity index (χ0) is 20.8. The predicted octanol–water partition coefficient (Wildman–Crippen LogP) is 6.06. The second-order valence-electron chi connectivity index (χ2n) is 6.52. The zero-order valence-corrected chi connectivity index (χ0v) is 16.8. The van der Waals surface area contributed by atoms with Gasteiger partial charge in [0.2, 0.25) is 17.5 Å². The van der Waals surface area contributed by atoms with E-state index in [4.69, 9.17) is 20.8 Å². The van der Waals surface area contributed by atoms with Gasteiger partial charge in [-0.25, -0.2) is 0 Å². The number of halogens is 1. The van der Waals surface area contributed by atoms with Crippen LogP contribution in [0.2, 0.25) is 5.02 Å². The van der Waals surface area contributed by atoms with E-state index in [0.29, 0.717) is 29.1 Å². The van der Waals surface area contributed by atoms with E-state index in [1.807, 2.05) is 72.8 Å². The van der Waals surface area contributed by atoms with Gasteiger partial charge >= 0.3 is 0 Å². The van der Waals surface area contributed by atoms with Crippen LogP contribution in [0.25, 0.3) is 11.1 Å². The van der Waals surface area contributed by atoms with Gasteiger partial charge in [0.05, 0.1) is 0 Å². The highest BCUT2D eigenvalue weighted by atomic mass is 35.5. The molecule has 0 unspecified atom stereocenters. The maximum atomic E-state index is 9.33. The lowest BCUT2D eigenvalue weighted by atomic mass is 10.1. The summed E-state index contributed by atoms with van der Waals surface area (Å²) in [6.07, 6.45) is 0. The Morgan fingerprint density at radius 1 is 0.933 bits per heavy atom. The molecule has 0 bridgehead atoms. The minimum atomic E-state index is 0.118. The molecule has 0 aliphatic rings. The standard InChI is InChI=1S/C24H18ClN3O2/c25-21-9-5-4-8-19(21)15-27-24-22(14-26)28-23(30-24)16-29-20-12-10-18(11-13-20)17-6-2-1-3-7-17/h1-13,27H,15-16H2. The van der Waals surface area contributed by atoms with Crippen molar-refractivity contribution in [3.05, 3.63) is 101 Å². The van der Waals surface area contributed by atoms with Gasteiger partial charge in [0.1, 0.15) is 11.8 Å². The van der Waals surface area contributed by atoms with Crippen molar-refractivity contribution in [1.82, 2.24) is 4.98 Å². The van der Waals surface area contributed by atoms with Gasteiger partial charge in [0, 0.05) is 11.6 Å². The van der Waals surface area contributed by atoms with E-state index in [9.17, 15) is 5.26 Å². The quantitative estimate of drug-likeness (QED) is 0.397. The maximum absolute atomic E-state index is 9.33. The fraction of sp³-hybridized carbons (Fsp3) is 0.0833. The number of nitrogens with zero attached hydrogens (tertiary/aromatic N) is 2. The predicted molar refractivity (Wildman–Crippen MR) is 116 cm³/mol. The molecule has 4 aromatic rings. The van der Waals surface area contributed by atoms with E-state index in [-0.39, 0.29) is 12.3 Å². The highest BCUT2D eigenvalue weighted by Crippen LogP contribution is 2.24. The Bertz CT molecular complexity index is 1170. The molecule has 3 aromatic carbocycles. The van der Waals surface area contributed by atoms with Crippen LogP contribution in [0.4, 0.5) is 5.88 Å². The van der Waals surface area contributed by atoms with Gasteiger partial charge in [0.15, 0.2) is 6.61 Å². The van der Waals surface area contributed by atoms with Gasteiger partial charge in [-0.1, -0.05) is 72.3 Å². The molecule has 0 saturated heterocycles. The Balaban J connectivity index is 1.39. The van der Waals surface area contributed by atoms with Crippen LogP contribution in [-0.2, 0) is 13.2 Å². The van der Waals surface area contributed by atoms with E-state index in [1.54, 1.807) is 0 Å². The molecule has 1 N–H and O–H groups in total. The first-order chi connectivity index (χ1) is 14.7. The number of ether oxygens (including phenoxy) is 1. The molecule has 0 atom stereocenters. The number of nitrogens with one attached hydrogen (secondary N) is 1. The zero-order valence-electron chi connectivity index (χ0n) is 16.0. The molecule has 0 saturated carbocycles. The number of benzene rings is 3. The SMILES string of the molecule is N#Cc1nc(COc2ccc(-c3ccccc3)cc2)oc1NCc1ccccc1Cl. The van der Waals surface area contributed by atoms with E-state index >= 15 is 0 Å². The molecule has 0 aliphatic carbocycles. The first-order valence-electron chi connectivity index (χ1n) is 9.38. The summed E-state index contributed by atoms with van der Waals surface area (Å²) in [7, 11) is 0. The minimum Gasteiger partial charge on any atom is -0.484 e. The van der Waals surface area contributed by atoms with Gasteiger partial charge in [0.25, 0.3) is 0 Å². The molecule has 6 heteroatoms. The summed E-state index contributed by atoms with van der Waals surface area (Å²) in [4.78, 5) is 4.20.